The van der Waals surface area contributed by atoms with E-state index in [1.165, 1.54) is 17.7 Å². The van der Waals surface area contributed by atoms with Crippen molar-refractivity contribution in [1.29, 1.82) is 0 Å². The van der Waals surface area contributed by atoms with Crippen molar-refractivity contribution >= 4 is 17.8 Å². The molecule has 3 rings (SSSR count). The molecule has 1 N–H and O–H groups in total. The molecule has 2 saturated carbocycles. The maximum Gasteiger partial charge on any atom is 0.330 e. The first-order valence-corrected chi connectivity index (χ1v) is 6.42. The van der Waals surface area contributed by atoms with Gasteiger partial charge in [-0.2, -0.15) is 0 Å². The van der Waals surface area contributed by atoms with Crippen LogP contribution in [0.25, 0.3) is 0 Å². The largest absolute Gasteiger partial charge is 0.330 e. The third-order valence-corrected chi connectivity index (χ3v) is 4.15. The lowest BCUT2D eigenvalue weighted by Crippen LogP contribution is -2.60. The Kier molecular flexibility index (Phi) is 2.45. The molecular weight excluding hydrogens is 234 g/mol. The molecule has 1 saturated heterocycles. The quantitative estimate of drug-likeness (QED) is 0.711. The van der Waals surface area contributed by atoms with Gasteiger partial charge in [-0.25, -0.2) is 4.79 Å². The average Bonchev–Trinajstić information content (AvgIpc) is 3.18. The van der Waals surface area contributed by atoms with Gasteiger partial charge < -0.3 is 4.90 Å². The van der Waals surface area contributed by atoms with Gasteiger partial charge in [0.15, 0.2) is 0 Å². The predicted molar refractivity (Wildman–Crippen MR) is 62.6 cm³/mol. The zero-order valence-corrected chi connectivity index (χ0v) is 10.4. The van der Waals surface area contributed by atoms with E-state index in [0.717, 1.165) is 0 Å². The van der Waals surface area contributed by atoms with E-state index in [-0.39, 0.29) is 5.91 Å². The molecule has 6 heteroatoms. The second-order valence-electron chi connectivity index (χ2n) is 5.51. The molecule has 3 fully saturated rings. The zero-order valence-electron chi connectivity index (χ0n) is 10.4. The van der Waals surface area contributed by atoms with Crippen LogP contribution in [-0.4, -0.2) is 53.8 Å². The summed E-state index contributed by atoms with van der Waals surface area (Å²) in [5.74, 6) is -0.718. The summed E-state index contributed by atoms with van der Waals surface area (Å²) in [7, 11) is 2.00. The molecular formula is C12H17N3O3. The summed E-state index contributed by atoms with van der Waals surface area (Å²) in [4.78, 5) is 38.8. The third kappa shape index (κ3) is 1.71. The van der Waals surface area contributed by atoms with Gasteiger partial charge in [0.1, 0.15) is 5.41 Å². The molecule has 0 bridgehead atoms. The molecule has 0 aromatic carbocycles. The molecule has 1 aliphatic heterocycles. The summed E-state index contributed by atoms with van der Waals surface area (Å²) in [5.41, 5.74) is -0.911. The highest BCUT2D eigenvalue weighted by Gasteiger charge is 2.62. The number of carbonyl (C=O) groups excluding carboxylic acids is 3. The van der Waals surface area contributed by atoms with Gasteiger partial charge in [0.2, 0.25) is 11.8 Å². The summed E-state index contributed by atoms with van der Waals surface area (Å²) < 4.78 is 0. The van der Waals surface area contributed by atoms with Gasteiger partial charge in [0, 0.05) is 19.1 Å². The number of rotatable bonds is 4. The molecule has 2 aliphatic carbocycles. The van der Waals surface area contributed by atoms with E-state index in [1.807, 2.05) is 7.05 Å². The van der Waals surface area contributed by atoms with Crippen LogP contribution in [0.2, 0.25) is 0 Å². The van der Waals surface area contributed by atoms with Crippen molar-refractivity contribution in [3.05, 3.63) is 0 Å². The number of hydrogen-bond acceptors (Lipinski definition) is 4. The fraction of sp³-hybridized carbons (Fsp3) is 0.750. The minimum Gasteiger partial charge on any atom is -0.302 e. The van der Waals surface area contributed by atoms with Crippen molar-refractivity contribution in [3.8, 4) is 0 Å². The van der Waals surface area contributed by atoms with E-state index in [0.29, 0.717) is 32.0 Å². The summed E-state index contributed by atoms with van der Waals surface area (Å²) in [5, 5.41) is 2.29. The molecule has 0 aromatic rings. The van der Waals surface area contributed by atoms with E-state index in [2.05, 4.69) is 10.2 Å². The van der Waals surface area contributed by atoms with Crippen LogP contribution < -0.4 is 5.32 Å². The Morgan fingerprint density at radius 1 is 1.33 bits per heavy atom. The highest BCUT2D eigenvalue weighted by Crippen LogP contribution is 2.48. The van der Waals surface area contributed by atoms with Gasteiger partial charge in [-0.1, -0.05) is 0 Å². The molecule has 0 unspecified atom stereocenters. The van der Waals surface area contributed by atoms with Crippen LogP contribution in [0.4, 0.5) is 4.79 Å². The number of imide groups is 2. The Labute approximate surface area is 105 Å². The van der Waals surface area contributed by atoms with Crippen LogP contribution in [-0.2, 0) is 9.59 Å². The van der Waals surface area contributed by atoms with Crippen molar-refractivity contribution in [1.82, 2.24) is 15.1 Å². The van der Waals surface area contributed by atoms with E-state index in [9.17, 15) is 14.4 Å². The molecule has 0 atom stereocenters. The van der Waals surface area contributed by atoms with Crippen LogP contribution in [0.15, 0.2) is 0 Å². The van der Waals surface area contributed by atoms with Gasteiger partial charge in [-0.15, -0.1) is 0 Å². The van der Waals surface area contributed by atoms with E-state index >= 15 is 0 Å². The molecule has 0 aromatic heterocycles. The highest BCUT2D eigenvalue weighted by atomic mass is 16.2. The number of nitrogens with one attached hydrogen (secondary N) is 1. The molecule has 6 nitrogen and oxygen atoms in total. The monoisotopic (exact) mass is 251 g/mol. The molecule has 4 amide bonds. The molecule has 1 spiro atoms. The second-order valence-corrected chi connectivity index (χ2v) is 5.51. The van der Waals surface area contributed by atoms with Crippen LogP contribution in [0, 0.1) is 5.41 Å². The fourth-order valence-electron chi connectivity index (χ4n) is 2.46. The Balaban J connectivity index is 1.65. The third-order valence-electron chi connectivity index (χ3n) is 4.15. The molecule has 1 heterocycles. The van der Waals surface area contributed by atoms with Crippen molar-refractivity contribution in [2.45, 2.75) is 31.7 Å². The molecule has 0 radical (unpaired) electrons. The van der Waals surface area contributed by atoms with E-state index in [4.69, 9.17) is 0 Å². The van der Waals surface area contributed by atoms with Gasteiger partial charge >= 0.3 is 6.03 Å². The number of barbiturate groups is 1. The van der Waals surface area contributed by atoms with Crippen molar-refractivity contribution in [2.75, 3.05) is 20.1 Å². The van der Waals surface area contributed by atoms with E-state index < -0.39 is 17.4 Å². The van der Waals surface area contributed by atoms with Crippen molar-refractivity contribution in [3.63, 3.8) is 0 Å². The minimum absolute atomic E-state index is 0.305. The van der Waals surface area contributed by atoms with Crippen molar-refractivity contribution in [2.24, 2.45) is 5.41 Å². The summed E-state index contributed by atoms with van der Waals surface area (Å²) in [6.45, 7) is 1.04. The average molecular weight is 251 g/mol. The Hall–Kier alpha value is -1.43. The number of carbonyl (C=O) groups is 3. The Bertz CT molecular complexity index is 426. The standard InChI is InChI=1S/C12H17N3O3/c1-14(8-2-3-8)6-7-15-10(17)12(4-5-12)9(16)13-11(15)18/h8H,2-7H2,1H3,(H,13,16,18). The van der Waals surface area contributed by atoms with Crippen LogP contribution >= 0.6 is 0 Å². The number of hydrogen-bond donors (Lipinski definition) is 1. The number of nitrogens with zero attached hydrogens (tertiary/aromatic N) is 2. The summed E-state index contributed by atoms with van der Waals surface area (Å²) >= 11 is 0. The normalized spacial score (nSPS) is 25.9. The SMILES string of the molecule is CN(CCN1C(=O)NC(=O)C2(CC2)C1=O)C1CC1. The number of urea groups is 1. The zero-order chi connectivity index (χ0) is 12.9. The highest BCUT2D eigenvalue weighted by molar-refractivity contribution is 6.20. The Morgan fingerprint density at radius 3 is 2.56 bits per heavy atom. The number of amides is 4. The Morgan fingerprint density at radius 2 is 2.00 bits per heavy atom. The molecule has 18 heavy (non-hydrogen) atoms. The fourth-order valence-corrected chi connectivity index (χ4v) is 2.46. The second kappa shape index (κ2) is 3.78. The summed E-state index contributed by atoms with van der Waals surface area (Å²) in [6.07, 6.45) is 3.53. The first-order valence-electron chi connectivity index (χ1n) is 6.42. The van der Waals surface area contributed by atoms with E-state index in [1.54, 1.807) is 0 Å². The van der Waals surface area contributed by atoms with Gasteiger partial charge in [-0.05, 0) is 32.7 Å². The minimum atomic E-state index is -0.911. The van der Waals surface area contributed by atoms with Gasteiger partial charge in [0.25, 0.3) is 0 Å². The maximum atomic E-state index is 12.2. The lowest BCUT2D eigenvalue weighted by Gasteiger charge is -2.31. The molecule has 3 aliphatic rings. The predicted octanol–water partition coefficient (Wildman–Crippen LogP) is -0.0608. The van der Waals surface area contributed by atoms with Crippen molar-refractivity contribution < 1.29 is 14.4 Å². The van der Waals surface area contributed by atoms with Gasteiger partial charge in [-0.3, -0.25) is 19.8 Å². The maximum absolute atomic E-state index is 12.2. The van der Waals surface area contributed by atoms with Crippen LogP contribution in [0.1, 0.15) is 25.7 Å². The summed E-state index contributed by atoms with van der Waals surface area (Å²) in [6, 6.07) is 0.0381. The van der Waals surface area contributed by atoms with Crippen LogP contribution in [0.3, 0.4) is 0 Å². The topological polar surface area (TPSA) is 69.7 Å². The van der Waals surface area contributed by atoms with Gasteiger partial charge in [0.05, 0.1) is 0 Å². The molecule has 98 valence electrons. The smallest absolute Gasteiger partial charge is 0.302 e. The first-order chi connectivity index (χ1) is 8.54. The lowest BCUT2D eigenvalue weighted by atomic mass is 10.0. The first kappa shape index (κ1) is 11.6. The lowest BCUT2D eigenvalue weighted by molar-refractivity contribution is -0.144. The van der Waals surface area contributed by atoms with Crippen LogP contribution in [0.5, 0.6) is 0 Å². The number of likely N-dealkylation sites (N-methyl/N-ethyl adjacent to an activating group) is 1.